The molecule has 0 saturated carbocycles. The van der Waals surface area contributed by atoms with Crippen molar-refractivity contribution in [2.75, 3.05) is 25.5 Å². The van der Waals surface area contributed by atoms with Crippen molar-refractivity contribution in [3.8, 4) is 11.3 Å². The number of halogens is 2. The van der Waals surface area contributed by atoms with Gasteiger partial charge in [0.2, 0.25) is 0 Å². The highest BCUT2D eigenvalue weighted by Crippen LogP contribution is 2.30. The van der Waals surface area contributed by atoms with Crippen LogP contribution in [0.25, 0.3) is 16.9 Å². The predicted octanol–water partition coefficient (Wildman–Crippen LogP) is 3.12. The van der Waals surface area contributed by atoms with Gasteiger partial charge in [-0.1, -0.05) is 29.8 Å². The number of anilines is 1. The first-order chi connectivity index (χ1) is 12.2. The maximum atomic E-state index is 6.34. The minimum Gasteiger partial charge on any atom is -0.427 e. The largest absolute Gasteiger partial charge is 0.427 e. The third-order valence-corrected chi connectivity index (χ3v) is 4.55. The molecule has 0 radical (unpaired) electrons. The molecule has 0 aliphatic heterocycles. The molecule has 2 N–H and O–H groups in total. The van der Waals surface area contributed by atoms with E-state index in [2.05, 4.69) is 31.6 Å². The summed E-state index contributed by atoms with van der Waals surface area (Å²) >= 11 is 9.84. The number of nitrogens with one attached hydrogen (secondary N) is 2. The summed E-state index contributed by atoms with van der Waals surface area (Å²) in [6.45, 7) is 1.67. The van der Waals surface area contributed by atoms with Crippen molar-refractivity contribution in [2.45, 2.75) is 6.42 Å². The maximum absolute atomic E-state index is 6.34. The quantitative estimate of drug-likeness (QED) is 0.431. The molecule has 0 bridgehead atoms. The molecule has 0 saturated heterocycles. The minimum atomic E-state index is 0.558. The zero-order chi connectivity index (χ0) is 17.6. The van der Waals surface area contributed by atoms with E-state index in [1.54, 1.807) is 17.8 Å². The lowest BCUT2D eigenvalue weighted by Gasteiger charge is -2.11. The molecular formula is C16H18BBrClN5O. The summed E-state index contributed by atoms with van der Waals surface area (Å²) in [5.74, 6) is 0.873. The predicted molar refractivity (Wildman–Crippen MR) is 106 cm³/mol. The van der Waals surface area contributed by atoms with Crippen molar-refractivity contribution in [1.29, 1.82) is 0 Å². The molecule has 0 aliphatic rings. The lowest BCUT2D eigenvalue weighted by Crippen LogP contribution is -2.23. The fraction of sp³-hybridized carbons (Fsp3) is 0.250. The Morgan fingerprint density at radius 2 is 2.16 bits per heavy atom. The van der Waals surface area contributed by atoms with Crippen LogP contribution in [0.4, 0.5) is 5.82 Å². The fourth-order valence-corrected chi connectivity index (χ4v) is 3.05. The molecule has 3 aromatic rings. The van der Waals surface area contributed by atoms with Gasteiger partial charge in [-0.2, -0.15) is 9.61 Å². The van der Waals surface area contributed by atoms with Gasteiger partial charge < -0.3 is 15.2 Å². The number of nitrogens with zero attached hydrogens (tertiary/aromatic N) is 3. The zero-order valence-corrected chi connectivity index (χ0v) is 16.1. The van der Waals surface area contributed by atoms with Crippen LogP contribution in [0.2, 0.25) is 5.02 Å². The molecule has 130 valence electrons. The van der Waals surface area contributed by atoms with Gasteiger partial charge in [0.05, 0.1) is 16.4 Å². The second-order valence-corrected chi connectivity index (χ2v) is 6.71. The van der Waals surface area contributed by atoms with Crippen LogP contribution in [0.15, 0.2) is 41.0 Å². The normalized spacial score (nSPS) is 11.0. The van der Waals surface area contributed by atoms with Crippen molar-refractivity contribution in [1.82, 2.24) is 19.8 Å². The third-order valence-electron chi connectivity index (χ3n) is 3.66. The lowest BCUT2D eigenvalue weighted by atomic mass is 10.1. The van der Waals surface area contributed by atoms with Gasteiger partial charge in [0, 0.05) is 30.3 Å². The van der Waals surface area contributed by atoms with Crippen molar-refractivity contribution in [3.05, 3.63) is 46.0 Å². The Kier molecular flexibility index (Phi) is 6.31. The van der Waals surface area contributed by atoms with Crippen LogP contribution >= 0.6 is 27.5 Å². The number of aromatic nitrogens is 3. The second kappa shape index (κ2) is 8.67. The van der Waals surface area contributed by atoms with E-state index >= 15 is 0 Å². The summed E-state index contributed by atoms with van der Waals surface area (Å²) in [7, 11) is 2.23. The summed E-state index contributed by atoms with van der Waals surface area (Å²) in [6, 6.07) is 9.65. The lowest BCUT2D eigenvalue weighted by molar-refractivity contribution is 0.430. The van der Waals surface area contributed by atoms with Crippen LogP contribution in [-0.2, 0) is 4.65 Å². The number of fused-ring (bicyclic) bond motifs is 1. The van der Waals surface area contributed by atoms with Crippen LogP contribution in [-0.4, -0.2) is 42.4 Å². The van der Waals surface area contributed by atoms with E-state index in [0.717, 1.165) is 46.7 Å². The summed E-state index contributed by atoms with van der Waals surface area (Å²) in [4.78, 5) is 4.70. The topological polar surface area (TPSA) is 63.5 Å². The fourth-order valence-electron chi connectivity index (χ4n) is 2.47. The monoisotopic (exact) mass is 421 g/mol. The molecular weight excluding hydrogens is 404 g/mol. The van der Waals surface area contributed by atoms with Crippen LogP contribution in [0.1, 0.15) is 6.42 Å². The Morgan fingerprint density at radius 1 is 1.32 bits per heavy atom. The molecule has 0 fully saturated rings. The van der Waals surface area contributed by atoms with Crippen molar-refractivity contribution in [2.24, 2.45) is 0 Å². The summed E-state index contributed by atoms with van der Waals surface area (Å²) in [5.41, 5.74) is 2.45. The smallest absolute Gasteiger partial charge is 0.360 e. The third kappa shape index (κ3) is 4.33. The Hall–Kier alpha value is -1.61. The van der Waals surface area contributed by atoms with E-state index < -0.39 is 0 Å². The van der Waals surface area contributed by atoms with Crippen LogP contribution < -0.4 is 10.5 Å². The molecule has 2 heterocycles. The highest BCUT2D eigenvalue weighted by atomic mass is 79.9. The van der Waals surface area contributed by atoms with Crippen LogP contribution in [0.3, 0.4) is 0 Å². The van der Waals surface area contributed by atoms with Gasteiger partial charge in [-0.15, -0.1) is 0 Å². The standard InChI is InChI=1S/C16H18BBrClN5O/c1-25-17-21-8-4-7-20-15-9-14(11-5-2-3-6-13(11)19)23-16-12(18)10-22-24(15)16/h2-3,5-6,9-10,17,20-21H,4,7-8H2,1H3. The van der Waals surface area contributed by atoms with Gasteiger partial charge >= 0.3 is 7.62 Å². The highest BCUT2D eigenvalue weighted by Gasteiger charge is 2.12. The molecule has 1 aromatic carbocycles. The summed E-state index contributed by atoms with van der Waals surface area (Å²) in [5, 5.41) is 11.7. The van der Waals surface area contributed by atoms with Crippen molar-refractivity contribution in [3.63, 3.8) is 0 Å². The average Bonchev–Trinajstić information content (AvgIpc) is 2.99. The molecule has 0 atom stereocenters. The number of hydrogen-bond acceptors (Lipinski definition) is 5. The molecule has 0 spiro atoms. The maximum Gasteiger partial charge on any atom is 0.360 e. The van der Waals surface area contributed by atoms with Gasteiger partial charge in [0.15, 0.2) is 5.65 Å². The van der Waals surface area contributed by atoms with Crippen molar-refractivity contribution < 1.29 is 4.65 Å². The van der Waals surface area contributed by atoms with Gasteiger partial charge in [0.1, 0.15) is 5.82 Å². The molecule has 0 unspecified atom stereocenters. The van der Waals surface area contributed by atoms with E-state index in [1.165, 1.54) is 0 Å². The molecule has 0 aliphatic carbocycles. The first-order valence-electron chi connectivity index (χ1n) is 7.93. The Balaban J connectivity index is 1.85. The number of rotatable bonds is 8. The Morgan fingerprint density at radius 3 is 2.96 bits per heavy atom. The first kappa shape index (κ1) is 18.2. The van der Waals surface area contributed by atoms with E-state index in [-0.39, 0.29) is 0 Å². The van der Waals surface area contributed by atoms with Gasteiger partial charge in [0.25, 0.3) is 0 Å². The molecule has 0 amide bonds. The second-order valence-electron chi connectivity index (χ2n) is 5.45. The number of hydrogen-bond donors (Lipinski definition) is 2. The zero-order valence-electron chi connectivity index (χ0n) is 13.8. The van der Waals surface area contributed by atoms with E-state index in [1.807, 2.05) is 30.3 Å². The SMILES string of the molecule is COBNCCCNc1cc(-c2ccccc2Cl)nc2c(Br)cnn12. The molecule has 25 heavy (non-hydrogen) atoms. The Bertz CT molecular complexity index is 860. The number of benzene rings is 1. The average molecular weight is 423 g/mol. The molecule has 2 aromatic heterocycles. The highest BCUT2D eigenvalue weighted by molar-refractivity contribution is 9.10. The molecule has 6 nitrogen and oxygen atoms in total. The summed E-state index contributed by atoms with van der Waals surface area (Å²) in [6.07, 6.45) is 2.70. The van der Waals surface area contributed by atoms with Gasteiger partial charge in [-0.3, -0.25) is 0 Å². The van der Waals surface area contributed by atoms with E-state index in [9.17, 15) is 0 Å². The minimum absolute atomic E-state index is 0.558. The first-order valence-corrected chi connectivity index (χ1v) is 9.10. The Labute approximate surface area is 160 Å². The van der Waals surface area contributed by atoms with Gasteiger partial charge in [-0.25, -0.2) is 4.98 Å². The molecule has 3 rings (SSSR count). The van der Waals surface area contributed by atoms with E-state index in [4.69, 9.17) is 21.2 Å². The van der Waals surface area contributed by atoms with Crippen LogP contribution in [0, 0.1) is 0 Å². The van der Waals surface area contributed by atoms with E-state index in [0.29, 0.717) is 12.6 Å². The van der Waals surface area contributed by atoms with Crippen molar-refractivity contribution >= 4 is 46.6 Å². The van der Waals surface area contributed by atoms with Gasteiger partial charge in [-0.05, 0) is 35.0 Å². The summed E-state index contributed by atoms with van der Waals surface area (Å²) < 4.78 is 7.60. The van der Waals surface area contributed by atoms with Crippen LogP contribution in [0.5, 0.6) is 0 Å². The molecule has 9 heteroatoms.